The Morgan fingerprint density at radius 3 is 2.64 bits per heavy atom. The molecule has 2 aromatic heterocycles. The van der Waals surface area contributed by atoms with Gasteiger partial charge < -0.3 is 9.30 Å². The van der Waals surface area contributed by atoms with Crippen LogP contribution in [0.1, 0.15) is 47.2 Å². The molecule has 5 rings (SSSR count). The molecule has 1 aliphatic rings. The number of aromatic nitrogens is 5. The van der Waals surface area contributed by atoms with Gasteiger partial charge in [-0.3, -0.25) is 0 Å². The molecule has 8 heteroatoms. The predicted octanol–water partition coefficient (Wildman–Crippen LogP) is 5.16. The monoisotopic (exact) mass is 447 g/mol. The lowest BCUT2D eigenvalue weighted by atomic mass is 9.91. The van der Waals surface area contributed by atoms with Crippen LogP contribution in [0.5, 0.6) is 5.75 Å². The fraction of sp³-hybridized carbons (Fsp3) is 0.240. The summed E-state index contributed by atoms with van der Waals surface area (Å²) in [5, 5.41) is 4.58. The Hall–Kier alpha value is -3.81. The van der Waals surface area contributed by atoms with Crippen LogP contribution in [0.15, 0.2) is 48.9 Å². The Morgan fingerprint density at radius 2 is 1.91 bits per heavy atom. The highest BCUT2D eigenvalue weighted by Crippen LogP contribution is 2.33. The van der Waals surface area contributed by atoms with Crippen LogP contribution in [0.4, 0.5) is 8.78 Å². The van der Waals surface area contributed by atoms with E-state index in [4.69, 9.17) is 4.74 Å². The standard InChI is InChI=1S/C25H23F2N5O/c1-16-14-31(15-28-16)22-7-5-17(10-23(22)33-2)6-8-24-29-25-21(4-3-9-32(25)30-24)18-11-19(26)13-20(27)12-18/h5-8,10-15,21H,3-4,9H2,1-2H3/b8-6+. The van der Waals surface area contributed by atoms with Crippen molar-refractivity contribution in [3.63, 3.8) is 0 Å². The lowest BCUT2D eigenvalue weighted by Crippen LogP contribution is -2.18. The molecule has 1 atom stereocenters. The second-order valence-electron chi connectivity index (χ2n) is 8.14. The second kappa shape index (κ2) is 8.61. The number of imidazole rings is 1. The maximum absolute atomic E-state index is 13.8. The first-order valence-electron chi connectivity index (χ1n) is 10.8. The van der Waals surface area contributed by atoms with Crippen LogP contribution in [0.25, 0.3) is 17.8 Å². The number of fused-ring (bicyclic) bond motifs is 1. The maximum Gasteiger partial charge on any atom is 0.174 e. The SMILES string of the molecule is COc1cc(/C=C/c2nc3n(n2)CCCC3c2cc(F)cc(F)c2)ccc1-n1cnc(C)c1. The van der Waals surface area contributed by atoms with Crippen LogP contribution >= 0.6 is 0 Å². The fourth-order valence-electron chi connectivity index (χ4n) is 4.27. The van der Waals surface area contributed by atoms with Crippen LogP contribution in [-0.4, -0.2) is 31.4 Å². The summed E-state index contributed by atoms with van der Waals surface area (Å²) in [6.07, 6.45) is 9.09. The van der Waals surface area contributed by atoms with E-state index in [-0.39, 0.29) is 5.92 Å². The quantitative estimate of drug-likeness (QED) is 0.424. The Labute approximate surface area is 190 Å². The summed E-state index contributed by atoms with van der Waals surface area (Å²) >= 11 is 0. The highest BCUT2D eigenvalue weighted by Gasteiger charge is 2.26. The minimum Gasteiger partial charge on any atom is -0.495 e. The molecule has 0 saturated carbocycles. The van der Waals surface area contributed by atoms with Crippen molar-refractivity contribution in [1.29, 1.82) is 0 Å². The molecule has 0 N–H and O–H groups in total. The van der Waals surface area contributed by atoms with E-state index in [2.05, 4.69) is 15.1 Å². The number of methoxy groups -OCH3 is 1. The summed E-state index contributed by atoms with van der Waals surface area (Å²) < 4.78 is 36.9. The van der Waals surface area contributed by atoms with Gasteiger partial charge in [0.25, 0.3) is 0 Å². The zero-order valence-electron chi connectivity index (χ0n) is 18.4. The number of hydrogen-bond acceptors (Lipinski definition) is 4. The molecule has 2 aromatic carbocycles. The number of benzene rings is 2. The van der Waals surface area contributed by atoms with Crippen molar-refractivity contribution in [3.05, 3.63) is 89.0 Å². The number of hydrogen-bond donors (Lipinski definition) is 0. The van der Waals surface area contributed by atoms with Gasteiger partial charge in [-0.15, -0.1) is 0 Å². The van der Waals surface area contributed by atoms with Crippen LogP contribution in [0.2, 0.25) is 0 Å². The summed E-state index contributed by atoms with van der Waals surface area (Å²) in [6, 6.07) is 9.54. The van der Waals surface area contributed by atoms with Gasteiger partial charge in [0.05, 0.1) is 24.8 Å². The van der Waals surface area contributed by atoms with E-state index in [1.54, 1.807) is 13.4 Å². The average molecular weight is 447 g/mol. The molecule has 1 aliphatic heterocycles. The minimum absolute atomic E-state index is 0.184. The molecule has 6 nitrogen and oxygen atoms in total. The summed E-state index contributed by atoms with van der Waals surface area (Å²) in [4.78, 5) is 8.94. The minimum atomic E-state index is -0.579. The van der Waals surface area contributed by atoms with Gasteiger partial charge in [0.2, 0.25) is 0 Å². The summed E-state index contributed by atoms with van der Waals surface area (Å²) in [6.45, 7) is 2.67. The topological polar surface area (TPSA) is 57.8 Å². The average Bonchev–Trinajstić information content (AvgIpc) is 3.42. The number of aryl methyl sites for hydroxylation is 2. The molecule has 0 spiro atoms. The molecule has 0 amide bonds. The summed E-state index contributed by atoms with van der Waals surface area (Å²) in [5.74, 6) is 0.669. The van der Waals surface area contributed by atoms with E-state index in [1.165, 1.54) is 12.1 Å². The van der Waals surface area contributed by atoms with Crippen LogP contribution in [0.3, 0.4) is 0 Å². The number of halogens is 2. The molecule has 1 unspecified atom stereocenters. The Balaban J connectivity index is 1.41. The number of nitrogens with zero attached hydrogens (tertiary/aromatic N) is 5. The lowest BCUT2D eigenvalue weighted by molar-refractivity contribution is 0.413. The van der Waals surface area contributed by atoms with E-state index < -0.39 is 11.6 Å². The largest absolute Gasteiger partial charge is 0.495 e. The molecule has 0 aliphatic carbocycles. The first kappa shape index (κ1) is 21.1. The van der Waals surface area contributed by atoms with Crippen LogP contribution in [-0.2, 0) is 6.54 Å². The van der Waals surface area contributed by atoms with Gasteiger partial charge in [-0.1, -0.05) is 12.1 Å². The van der Waals surface area contributed by atoms with Crippen molar-refractivity contribution in [1.82, 2.24) is 24.3 Å². The van der Waals surface area contributed by atoms with Gasteiger partial charge in [-0.25, -0.2) is 23.4 Å². The summed E-state index contributed by atoms with van der Waals surface area (Å²) in [5.41, 5.74) is 3.35. The molecule has 3 heterocycles. The van der Waals surface area contributed by atoms with Gasteiger partial charge in [0, 0.05) is 24.7 Å². The van der Waals surface area contributed by atoms with Crippen molar-refractivity contribution in [3.8, 4) is 11.4 Å². The molecule has 0 bridgehead atoms. The van der Waals surface area contributed by atoms with E-state index in [0.717, 1.165) is 54.0 Å². The third-order valence-electron chi connectivity index (χ3n) is 5.80. The molecule has 0 saturated heterocycles. The Morgan fingerprint density at radius 1 is 1.09 bits per heavy atom. The van der Waals surface area contributed by atoms with E-state index in [9.17, 15) is 8.78 Å². The molecule has 4 aromatic rings. The lowest BCUT2D eigenvalue weighted by Gasteiger charge is -2.22. The van der Waals surface area contributed by atoms with Crippen LogP contribution < -0.4 is 4.74 Å². The highest BCUT2D eigenvalue weighted by molar-refractivity contribution is 5.69. The van der Waals surface area contributed by atoms with E-state index in [0.29, 0.717) is 11.4 Å². The molecule has 0 fully saturated rings. The molecule has 0 radical (unpaired) electrons. The van der Waals surface area contributed by atoms with Crippen molar-refractivity contribution in [2.75, 3.05) is 7.11 Å². The first-order valence-corrected chi connectivity index (χ1v) is 10.8. The molecule has 33 heavy (non-hydrogen) atoms. The normalized spacial score (nSPS) is 15.7. The number of rotatable bonds is 5. The molecular formula is C25H23F2N5O. The first-order chi connectivity index (χ1) is 16.0. The zero-order valence-corrected chi connectivity index (χ0v) is 18.4. The molecule has 168 valence electrons. The Bertz CT molecular complexity index is 1320. The van der Waals surface area contributed by atoms with Crippen molar-refractivity contribution >= 4 is 12.2 Å². The number of ether oxygens (including phenoxy) is 1. The third-order valence-corrected chi connectivity index (χ3v) is 5.80. The van der Waals surface area contributed by atoms with Crippen molar-refractivity contribution in [2.24, 2.45) is 0 Å². The van der Waals surface area contributed by atoms with Gasteiger partial charge in [-0.05, 0) is 61.2 Å². The second-order valence-corrected chi connectivity index (χ2v) is 8.14. The summed E-state index contributed by atoms with van der Waals surface area (Å²) in [7, 11) is 1.64. The third kappa shape index (κ3) is 4.28. The highest BCUT2D eigenvalue weighted by atomic mass is 19.1. The van der Waals surface area contributed by atoms with Crippen LogP contribution in [0, 0.1) is 18.6 Å². The van der Waals surface area contributed by atoms with Crippen molar-refractivity contribution in [2.45, 2.75) is 32.2 Å². The zero-order chi connectivity index (χ0) is 22.9. The molecular weight excluding hydrogens is 424 g/mol. The smallest absolute Gasteiger partial charge is 0.174 e. The van der Waals surface area contributed by atoms with Gasteiger partial charge in [0.1, 0.15) is 23.2 Å². The van der Waals surface area contributed by atoms with E-state index in [1.807, 2.05) is 52.7 Å². The maximum atomic E-state index is 13.8. The van der Waals surface area contributed by atoms with E-state index >= 15 is 0 Å². The van der Waals surface area contributed by atoms with Gasteiger partial charge in [0.15, 0.2) is 5.82 Å². The predicted molar refractivity (Wildman–Crippen MR) is 121 cm³/mol. The Kier molecular flexibility index (Phi) is 5.50. The van der Waals surface area contributed by atoms with Gasteiger partial charge in [-0.2, -0.15) is 5.10 Å². The van der Waals surface area contributed by atoms with Gasteiger partial charge >= 0.3 is 0 Å². The fourth-order valence-corrected chi connectivity index (χ4v) is 4.27. The van der Waals surface area contributed by atoms with Crippen molar-refractivity contribution < 1.29 is 13.5 Å².